The number of para-hydroxylation sites is 1. The summed E-state index contributed by atoms with van der Waals surface area (Å²) < 4.78 is 6.04. The van der Waals surface area contributed by atoms with E-state index >= 15 is 0 Å². The highest BCUT2D eigenvalue weighted by atomic mass is 16.3. The molecule has 0 aliphatic rings. The van der Waals surface area contributed by atoms with Crippen LogP contribution in [-0.2, 0) is 12.0 Å². The van der Waals surface area contributed by atoms with Gasteiger partial charge in [0.2, 0.25) is 0 Å². The van der Waals surface area contributed by atoms with Crippen molar-refractivity contribution < 1.29 is 4.42 Å². The number of benzene rings is 1. The maximum absolute atomic E-state index is 6.04. The molecule has 0 aliphatic heterocycles. The van der Waals surface area contributed by atoms with Crippen LogP contribution in [0.3, 0.4) is 0 Å². The third kappa shape index (κ3) is 3.38. The van der Waals surface area contributed by atoms with Gasteiger partial charge in [-0.05, 0) is 23.9 Å². The molecule has 2 heteroatoms. The van der Waals surface area contributed by atoms with E-state index in [0.717, 1.165) is 24.4 Å². The van der Waals surface area contributed by atoms with Crippen molar-refractivity contribution in [1.29, 1.82) is 0 Å². The molecule has 0 spiro atoms. The van der Waals surface area contributed by atoms with Crippen LogP contribution >= 0.6 is 0 Å². The highest BCUT2D eigenvalue weighted by Crippen LogP contribution is 2.31. The molecule has 0 bridgehead atoms. The van der Waals surface area contributed by atoms with Gasteiger partial charge in [0.05, 0.1) is 6.54 Å². The highest BCUT2D eigenvalue weighted by molar-refractivity contribution is 5.82. The summed E-state index contributed by atoms with van der Waals surface area (Å²) in [5.41, 5.74) is 2.43. The number of furan rings is 1. The Bertz CT molecular complexity index is 546. The maximum atomic E-state index is 6.04. The van der Waals surface area contributed by atoms with Gasteiger partial charge >= 0.3 is 0 Å². The molecule has 1 aromatic carbocycles. The molecule has 0 radical (unpaired) electrons. The van der Waals surface area contributed by atoms with Crippen LogP contribution in [0.2, 0.25) is 0 Å². The number of hydrogen-bond acceptors (Lipinski definition) is 2. The van der Waals surface area contributed by atoms with Gasteiger partial charge in [0.15, 0.2) is 0 Å². The van der Waals surface area contributed by atoms with Crippen molar-refractivity contribution in [1.82, 2.24) is 5.32 Å². The van der Waals surface area contributed by atoms with Crippen molar-refractivity contribution in [3.05, 3.63) is 35.6 Å². The first-order chi connectivity index (χ1) is 8.88. The Morgan fingerprint density at radius 2 is 1.95 bits per heavy atom. The quantitative estimate of drug-likeness (QED) is 0.876. The van der Waals surface area contributed by atoms with Crippen LogP contribution in [0.15, 0.2) is 28.7 Å². The molecule has 19 heavy (non-hydrogen) atoms. The SMILES string of the molecule is CC(C)CNCc1cc2cccc(C(C)(C)C)c2o1. The van der Waals surface area contributed by atoms with Crippen molar-refractivity contribution in [2.75, 3.05) is 6.54 Å². The zero-order valence-electron chi connectivity index (χ0n) is 12.7. The molecule has 0 amide bonds. The van der Waals surface area contributed by atoms with E-state index in [9.17, 15) is 0 Å². The maximum Gasteiger partial charge on any atom is 0.138 e. The molecule has 1 aromatic heterocycles. The monoisotopic (exact) mass is 259 g/mol. The number of fused-ring (bicyclic) bond motifs is 1. The zero-order chi connectivity index (χ0) is 14.0. The fourth-order valence-electron chi connectivity index (χ4n) is 2.28. The first-order valence-electron chi connectivity index (χ1n) is 7.10. The van der Waals surface area contributed by atoms with Crippen molar-refractivity contribution in [3.8, 4) is 0 Å². The minimum atomic E-state index is 0.111. The average Bonchev–Trinajstić information content (AvgIpc) is 2.69. The Balaban J connectivity index is 2.25. The average molecular weight is 259 g/mol. The van der Waals surface area contributed by atoms with E-state index in [4.69, 9.17) is 4.42 Å². The molecule has 0 unspecified atom stereocenters. The van der Waals surface area contributed by atoms with E-state index in [2.05, 4.69) is 64.2 Å². The predicted molar refractivity (Wildman–Crippen MR) is 81.5 cm³/mol. The lowest BCUT2D eigenvalue weighted by atomic mass is 9.86. The minimum absolute atomic E-state index is 0.111. The van der Waals surface area contributed by atoms with Gasteiger partial charge in [0.1, 0.15) is 11.3 Å². The lowest BCUT2D eigenvalue weighted by molar-refractivity contribution is 0.478. The topological polar surface area (TPSA) is 25.2 Å². The van der Waals surface area contributed by atoms with Gasteiger partial charge in [0, 0.05) is 10.9 Å². The van der Waals surface area contributed by atoms with Crippen molar-refractivity contribution in [2.45, 2.75) is 46.6 Å². The van der Waals surface area contributed by atoms with E-state index in [1.54, 1.807) is 0 Å². The van der Waals surface area contributed by atoms with Crippen LogP contribution in [0.1, 0.15) is 45.9 Å². The summed E-state index contributed by atoms with van der Waals surface area (Å²) in [6.07, 6.45) is 0. The largest absolute Gasteiger partial charge is 0.459 e. The number of nitrogens with one attached hydrogen (secondary N) is 1. The number of rotatable bonds is 4. The van der Waals surface area contributed by atoms with Crippen LogP contribution < -0.4 is 5.32 Å². The molecular weight excluding hydrogens is 234 g/mol. The van der Waals surface area contributed by atoms with E-state index in [-0.39, 0.29) is 5.41 Å². The summed E-state index contributed by atoms with van der Waals surface area (Å²) in [5.74, 6) is 1.68. The molecular formula is C17H25NO. The fraction of sp³-hybridized carbons (Fsp3) is 0.529. The van der Waals surface area contributed by atoms with Gasteiger partial charge < -0.3 is 9.73 Å². The van der Waals surface area contributed by atoms with Crippen molar-refractivity contribution in [2.24, 2.45) is 5.92 Å². The Morgan fingerprint density at radius 3 is 2.58 bits per heavy atom. The third-order valence-electron chi connectivity index (χ3n) is 3.25. The van der Waals surface area contributed by atoms with Crippen LogP contribution in [0.4, 0.5) is 0 Å². The summed E-state index contributed by atoms with van der Waals surface area (Å²) in [5, 5.41) is 4.63. The lowest BCUT2D eigenvalue weighted by Crippen LogP contribution is -2.18. The first kappa shape index (κ1) is 14.1. The Morgan fingerprint density at radius 1 is 1.21 bits per heavy atom. The molecule has 1 heterocycles. The van der Waals surface area contributed by atoms with Gasteiger partial charge in [-0.25, -0.2) is 0 Å². The highest BCUT2D eigenvalue weighted by Gasteiger charge is 2.19. The summed E-state index contributed by atoms with van der Waals surface area (Å²) in [7, 11) is 0. The van der Waals surface area contributed by atoms with Crippen LogP contribution in [0.25, 0.3) is 11.0 Å². The minimum Gasteiger partial charge on any atom is -0.459 e. The van der Waals surface area contributed by atoms with E-state index in [1.165, 1.54) is 10.9 Å². The second-order valence-electron chi connectivity index (χ2n) is 6.71. The molecule has 0 saturated carbocycles. The van der Waals surface area contributed by atoms with Gasteiger partial charge in [-0.15, -0.1) is 0 Å². The molecule has 0 fully saturated rings. The molecule has 2 aromatic rings. The Labute approximate surface area is 116 Å². The van der Waals surface area contributed by atoms with Crippen LogP contribution in [0.5, 0.6) is 0 Å². The molecule has 2 nitrogen and oxygen atoms in total. The zero-order valence-corrected chi connectivity index (χ0v) is 12.7. The molecule has 1 N–H and O–H groups in total. The van der Waals surface area contributed by atoms with Crippen molar-refractivity contribution >= 4 is 11.0 Å². The smallest absolute Gasteiger partial charge is 0.138 e. The molecule has 0 atom stereocenters. The normalized spacial score (nSPS) is 12.5. The molecule has 0 aliphatic carbocycles. The predicted octanol–water partition coefficient (Wildman–Crippen LogP) is 4.48. The van der Waals surface area contributed by atoms with Gasteiger partial charge in [-0.3, -0.25) is 0 Å². The molecule has 2 rings (SSSR count). The van der Waals surface area contributed by atoms with E-state index in [0.29, 0.717) is 5.92 Å². The summed E-state index contributed by atoms with van der Waals surface area (Å²) >= 11 is 0. The standard InChI is InChI=1S/C17H25NO/c1-12(2)10-18-11-14-9-13-7-6-8-15(16(13)19-14)17(3,4)5/h6-9,12,18H,10-11H2,1-5H3. The second-order valence-corrected chi connectivity index (χ2v) is 6.71. The van der Waals surface area contributed by atoms with Crippen LogP contribution in [0, 0.1) is 5.92 Å². The fourth-order valence-corrected chi connectivity index (χ4v) is 2.28. The first-order valence-corrected chi connectivity index (χ1v) is 7.10. The molecule has 0 saturated heterocycles. The van der Waals surface area contributed by atoms with Crippen molar-refractivity contribution in [3.63, 3.8) is 0 Å². The van der Waals surface area contributed by atoms with E-state index < -0.39 is 0 Å². The van der Waals surface area contributed by atoms with Gasteiger partial charge in [-0.1, -0.05) is 52.8 Å². The summed E-state index contributed by atoms with van der Waals surface area (Å²) in [4.78, 5) is 0. The Kier molecular flexibility index (Phi) is 4.00. The molecule has 104 valence electrons. The third-order valence-corrected chi connectivity index (χ3v) is 3.25. The number of hydrogen-bond donors (Lipinski definition) is 1. The second kappa shape index (κ2) is 5.38. The lowest BCUT2D eigenvalue weighted by Gasteiger charge is -2.18. The van der Waals surface area contributed by atoms with Gasteiger partial charge in [-0.2, -0.15) is 0 Å². The summed E-state index contributed by atoms with van der Waals surface area (Å²) in [6.45, 7) is 12.9. The van der Waals surface area contributed by atoms with Crippen LogP contribution in [-0.4, -0.2) is 6.54 Å². The van der Waals surface area contributed by atoms with Gasteiger partial charge in [0.25, 0.3) is 0 Å². The van der Waals surface area contributed by atoms with E-state index in [1.807, 2.05) is 0 Å². The summed E-state index contributed by atoms with van der Waals surface area (Å²) in [6, 6.07) is 8.55. The Hall–Kier alpha value is -1.28.